The number of thiophene rings is 1. The minimum atomic E-state index is -0.186. The first kappa shape index (κ1) is 12.8. The maximum absolute atomic E-state index is 13.8. The largest absolute Gasteiger partial charge is 0.394 e. The van der Waals surface area contributed by atoms with Gasteiger partial charge in [0.2, 0.25) is 0 Å². The highest BCUT2D eigenvalue weighted by Gasteiger charge is 2.41. The SMILES string of the molecule is OCC1(NCc2ccc(F)c(-c3cccs3)c2)CC1. The zero-order valence-corrected chi connectivity index (χ0v) is 11.3. The number of halogens is 1. The first-order valence-electron chi connectivity index (χ1n) is 6.41. The molecule has 2 aromatic rings. The third-order valence-corrected chi connectivity index (χ3v) is 4.54. The Hall–Kier alpha value is -1.23. The summed E-state index contributed by atoms with van der Waals surface area (Å²) < 4.78 is 13.8. The van der Waals surface area contributed by atoms with Crippen LogP contribution in [0.3, 0.4) is 0 Å². The van der Waals surface area contributed by atoms with E-state index >= 15 is 0 Å². The minimum Gasteiger partial charge on any atom is -0.394 e. The van der Waals surface area contributed by atoms with Crippen molar-refractivity contribution in [3.05, 3.63) is 47.1 Å². The van der Waals surface area contributed by atoms with E-state index in [1.165, 1.54) is 17.4 Å². The van der Waals surface area contributed by atoms with Crippen LogP contribution in [0.2, 0.25) is 0 Å². The molecule has 0 spiro atoms. The van der Waals surface area contributed by atoms with Gasteiger partial charge in [-0.15, -0.1) is 11.3 Å². The molecular weight excluding hydrogens is 261 g/mol. The van der Waals surface area contributed by atoms with Crippen molar-refractivity contribution in [2.24, 2.45) is 0 Å². The van der Waals surface area contributed by atoms with Crippen molar-refractivity contribution in [2.45, 2.75) is 24.9 Å². The van der Waals surface area contributed by atoms with Gasteiger partial charge in [-0.25, -0.2) is 4.39 Å². The van der Waals surface area contributed by atoms with Gasteiger partial charge in [-0.3, -0.25) is 0 Å². The normalized spacial score (nSPS) is 16.5. The molecule has 0 unspecified atom stereocenters. The lowest BCUT2D eigenvalue weighted by Gasteiger charge is -2.14. The number of aliphatic hydroxyl groups is 1. The molecule has 0 bridgehead atoms. The molecule has 2 nitrogen and oxygen atoms in total. The van der Waals surface area contributed by atoms with Crippen LogP contribution in [0.1, 0.15) is 18.4 Å². The van der Waals surface area contributed by atoms with Crippen molar-refractivity contribution in [1.29, 1.82) is 0 Å². The average Bonchev–Trinajstić information content (AvgIpc) is 3.01. The van der Waals surface area contributed by atoms with Gasteiger partial charge >= 0.3 is 0 Å². The number of rotatable bonds is 5. The first-order valence-corrected chi connectivity index (χ1v) is 7.29. The molecule has 2 N–H and O–H groups in total. The zero-order valence-electron chi connectivity index (χ0n) is 10.5. The summed E-state index contributed by atoms with van der Waals surface area (Å²) in [5, 5.41) is 14.6. The van der Waals surface area contributed by atoms with Gasteiger partial charge in [-0.05, 0) is 42.0 Å². The van der Waals surface area contributed by atoms with E-state index in [0.717, 1.165) is 23.3 Å². The second-order valence-electron chi connectivity index (χ2n) is 5.08. The molecule has 1 aliphatic carbocycles. The third kappa shape index (κ3) is 2.71. The number of hydrogen-bond acceptors (Lipinski definition) is 3. The Labute approximate surface area is 115 Å². The predicted molar refractivity (Wildman–Crippen MR) is 75.6 cm³/mol. The van der Waals surface area contributed by atoms with Crippen molar-refractivity contribution >= 4 is 11.3 Å². The highest BCUT2D eigenvalue weighted by molar-refractivity contribution is 7.13. The molecule has 1 aromatic carbocycles. The Balaban J connectivity index is 1.78. The van der Waals surface area contributed by atoms with Crippen LogP contribution >= 0.6 is 11.3 Å². The fourth-order valence-electron chi connectivity index (χ4n) is 2.13. The van der Waals surface area contributed by atoms with Crippen LogP contribution in [-0.2, 0) is 6.54 Å². The van der Waals surface area contributed by atoms with E-state index in [0.29, 0.717) is 12.1 Å². The van der Waals surface area contributed by atoms with E-state index in [2.05, 4.69) is 5.32 Å². The first-order chi connectivity index (χ1) is 9.22. The number of nitrogens with one attached hydrogen (secondary N) is 1. The van der Waals surface area contributed by atoms with Crippen molar-refractivity contribution in [1.82, 2.24) is 5.32 Å². The molecule has 0 amide bonds. The quantitative estimate of drug-likeness (QED) is 0.880. The molecule has 0 radical (unpaired) electrons. The molecule has 1 fully saturated rings. The van der Waals surface area contributed by atoms with Gasteiger partial charge in [-0.2, -0.15) is 0 Å². The van der Waals surface area contributed by atoms with E-state index in [-0.39, 0.29) is 18.0 Å². The molecule has 100 valence electrons. The fraction of sp³-hybridized carbons (Fsp3) is 0.333. The summed E-state index contributed by atoms with van der Waals surface area (Å²) in [6.45, 7) is 0.838. The van der Waals surface area contributed by atoms with E-state index in [1.54, 1.807) is 6.07 Å². The van der Waals surface area contributed by atoms with Crippen LogP contribution in [-0.4, -0.2) is 17.3 Å². The van der Waals surface area contributed by atoms with E-state index in [1.807, 2.05) is 23.6 Å². The highest BCUT2D eigenvalue weighted by atomic mass is 32.1. The third-order valence-electron chi connectivity index (χ3n) is 3.64. The summed E-state index contributed by atoms with van der Waals surface area (Å²) in [4.78, 5) is 0.947. The minimum absolute atomic E-state index is 0.0858. The number of benzene rings is 1. The van der Waals surface area contributed by atoms with E-state index in [4.69, 9.17) is 0 Å². The van der Waals surface area contributed by atoms with Crippen LogP contribution in [0.5, 0.6) is 0 Å². The molecule has 3 rings (SSSR count). The average molecular weight is 277 g/mol. The summed E-state index contributed by atoms with van der Waals surface area (Å²) in [7, 11) is 0. The number of hydrogen-bond donors (Lipinski definition) is 2. The summed E-state index contributed by atoms with van der Waals surface area (Å²) >= 11 is 1.54. The van der Waals surface area contributed by atoms with Crippen molar-refractivity contribution in [3.8, 4) is 10.4 Å². The van der Waals surface area contributed by atoms with Gasteiger partial charge in [-0.1, -0.05) is 12.1 Å². The molecule has 1 aromatic heterocycles. The fourth-order valence-corrected chi connectivity index (χ4v) is 2.88. The van der Waals surface area contributed by atoms with Gasteiger partial charge in [0.25, 0.3) is 0 Å². The topological polar surface area (TPSA) is 32.3 Å². The second-order valence-corrected chi connectivity index (χ2v) is 6.03. The van der Waals surface area contributed by atoms with Crippen molar-refractivity contribution in [3.63, 3.8) is 0 Å². The smallest absolute Gasteiger partial charge is 0.131 e. The van der Waals surface area contributed by atoms with Crippen LogP contribution in [0.15, 0.2) is 35.7 Å². The molecule has 1 heterocycles. The Kier molecular flexibility index (Phi) is 3.39. The lowest BCUT2D eigenvalue weighted by molar-refractivity contribution is 0.229. The maximum Gasteiger partial charge on any atom is 0.131 e. The van der Waals surface area contributed by atoms with Gasteiger partial charge in [0.05, 0.1) is 6.61 Å². The summed E-state index contributed by atoms with van der Waals surface area (Å²) in [5.74, 6) is -0.186. The van der Waals surface area contributed by atoms with Crippen LogP contribution < -0.4 is 5.32 Å². The van der Waals surface area contributed by atoms with Gasteiger partial charge in [0, 0.05) is 22.5 Å². The second kappa shape index (κ2) is 5.04. The zero-order chi connectivity index (χ0) is 13.3. The predicted octanol–water partition coefficient (Wildman–Crippen LogP) is 3.17. The Morgan fingerprint density at radius 1 is 1.32 bits per heavy atom. The lowest BCUT2D eigenvalue weighted by Crippen LogP contribution is -2.34. The van der Waals surface area contributed by atoms with Crippen molar-refractivity contribution in [2.75, 3.05) is 6.61 Å². The molecule has 0 saturated heterocycles. The highest BCUT2D eigenvalue weighted by Crippen LogP contribution is 2.35. The summed E-state index contributed by atoms with van der Waals surface area (Å²) in [6, 6.07) is 9.06. The van der Waals surface area contributed by atoms with E-state index in [9.17, 15) is 9.50 Å². The van der Waals surface area contributed by atoms with Crippen molar-refractivity contribution < 1.29 is 9.50 Å². The van der Waals surface area contributed by atoms with Crippen LogP contribution in [0.25, 0.3) is 10.4 Å². The lowest BCUT2D eigenvalue weighted by atomic mass is 10.1. The Bertz CT molecular complexity index is 564. The molecular formula is C15H16FNOS. The summed E-state index contributed by atoms with van der Waals surface area (Å²) in [6.07, 6.45) is 2.03. The molecule has 19 heavy (non-hydrogen) atoms. The molecule has 1 aliphatic rings. The molecule has 1 saturated carbocycles. The van der Waals surface area contributed by atoms with E-state index < -0.39 is 0 Å². The molecule has 4 heteroatoms. The number of aliphatic hydroxyl groups excluding tert-OH is 1. The summed E-state index contributed by atoms with van der Waals surface area (Å²) in [5.41, 5.74) is 1.62. The molecule has 0 atom stereocenters. The Morgan fingerprint density at radius 3 is 2.79 bits per heavy atom. The van der Waals surface area contributed by atoms with Gasteiger partial charge in [0.1, 0.15) is 5.82 Å². The standard InChI is InChI=1S/C15H16FNOS/c16-13-4-3-11(9-17-15(10-18)5-6-15)8-12(13)14-2-1-7-19-14/h1-4,7-8,17-18H,5-6,9-10H2. The maximum atomic E-state index is 13.8. The van der Waals surface area contributed by atoms with Crippen LogP contribution in [0, 0.1) is 5.82 Å². The Morgan fingerprint density at radius 2 is 2.16 bits per heavy atom. The van der Waals surface area contributed by atoms with Gasteiger partial charge < -0.3 is 10.4 Å². The molecule has 0 aliphatic heterocycles. The monoisotopic (exact) mass is 277 g/mol. The van der Waals surface area contributed by atoms with Gasteiger partial charge in [0.15, 0.2) is 0 Å². The van der Waals surface area contributed by atoms with Crippen LogP contribution in [0.4, 0.5) is 4.39 Å².